The fraction of sp³-hybridized carbons (Fsp3) is 0.429. The molecule has 0 aromatic heterocycles. The second kappa shape index (κ2) is 9.18. The van der Waals surface area contributed by atoms with E-state index in [2.05, 4.69) is 47.0 Å². The molecule has 0 heterocycles. The van der Waals surface area contributed by atoms with Gasteiger partial charge in [-0.2, -0.15) is 10.5 Å². The summed E-state index contributed by atoms with van der Waals surface area (Å²) in [4.78, 5) is 0. The number of hydrogen-bond acceptors (Lipinski definition) is 4. The molecule has 0 unspecified atom stereocenters. The van der Waals surface area contributed by atoms with Gasteiger partial charge in [0.05, 0.1) is 12.1 Å². The Kier molecular flexibility index (Phi) is 7.23. The van der Waals surface area contributed by atoms with Crippen molar-refractivity contribution in [3.8, 4) is 12.1 Å². The van der Waals surface area contributed by atoms with Crippen LogP contribution in [0.2, 0.25) is 0 Å². The fourth-order valence-corrected chi connectivity index (χ4v) is 1.53. The molecule has 2 N–H and O–H groups in total. The van der Waals surface area contributed by atoms with Crippen molar-refractivity contribution in [3.05, 3.63) is 35.4 Å². The van der Waals surface area contributed by atoms with E-state index in [-0.39, 0.29) is 0 Å². The molecule has 0 saturated heterocycles. The number of rotatable bonds is 8. The van der Waals surface area contributed by atoms with Gasteiger partial charge in [-0.3, -0.25) is 0 Å². The van der Waals surface area contributed by atoms with Crippen molar-refractivity contribution < 1.29 is 0 Å². The third kappa shape index (κ3) is 6.00. The van der Waals surface area contributed by atoms with Crippen molar-refractivity contribution in [1.82, 2.24) is 10.6 Å². The third-order valence-electron chi connectivity index (χ3n) is 2.51. The first-order chi connectivity index (χ1) is 8.86. The van der Waals surface area contributed by atoms with Gasteiger partial charge in [0.25, 0.3) is 0 Å². The lowest BCUT2D eigenvalue weighted by molar-refractivity contribution is 0.691. The summed E-state index contributed by atoms with van der Waals surface area (Å²) in [6.45, 7) is 3.05. The predicted molar refractivity (Wildman–Crippen MR) is 70.3 cm³/mol. The Balaban J connectivity index is 2.25. The molecule has 0 fully saturated rings. The molecule has 0 amide bonds. The monoisotopic (exact) mass is 242 g/mol. The largest absolute Gasteiger partial charge is 0.312 e. The van der Waals surface area contributed by atoms with E-state index in [0.717, 1.165) is 26.2 Å². The van der Waals surface area contributed by atoms with Gasteiger partial charge in [-0.1, -0.05) is 24.3 Å². The van der Waals surface area contributed by atoms with Crippen LogP contribution in [0.3, 0.4) is 0 Å². The van der Waals surface area contributed by atoms with Gasteiger partial charge in [-0.15, -0.1) is 0 Å². The Morgan fingerprint density at radius 1 is 0.778 bits per heavy atom. The van der Waals surface area contributed by atoms with E-state index in [1.165, 1.54) is 11.1 Å². The van der Waals surface area contributed by atoms with E-state index in [4.69, 9.17) is 10.5 Å². The zero-order valence-corrected chi connectivity index (χ0v) is 10.4. The second-order valence-electron chi connectivity index (χ2n) is 3.99. The first-order valence-electron chi connectivity index (χ1n) is 6.10. The molecule has 0 atom stereocenters. The zero-order valence-electron chi connectivity index (χ0n) is 10.4. The minimum Gasteiger partial charge on any atom is -0.312 e. The summed E-state index contributed by atoms with van der Waals surface area (Å²) in [6, 6.07) is 12.5. The molecule has 18 heavy (non-hydrogen) atoms. The smallest absolute Gasteiger partial charge is 0.0635 e. The van der Waals surface area contributed by atoms with Crippen molar-refractivity contribution >= 4 is 0 Å². The lowest BCUT2D eigenvalue weighted by Gasteiger charge is -2.05. The summed E-state index contributed by atoms with van der Waals surface area (Å²) in [5.41, 5.74) is 2.43. The maximum absolute atomic E-state index is 8.40. The Labute approximate surface area is 108 Å². The van der Waals surface area contributed by atoms with Crippen LogP contribution < -0.4 is 10.6 Å². The lowest BCUT2D eigenvalue weighted by Crippen LogP contribution is -2.15. The van der Waals surface area contributed by atoms with Crippen LogP contribution in [0.25, 0.3) is 0 Å². The van der Waals surface area contributed by atoms with Gasteiger partial charge < -0.3 is 10.6 Å². The molecule has 0 aliphatic carbocycles. The van der Waals surface area contributed by atoms with Crippen molar-refractivity contribution in [1.29, 1.82) is 10.5 Å². The summed E-state index contributed by atoms with van der Waals surface area (Å²) in [5, 5.41) is 23.2. The van der Waals surface area contributed by atoms with Crippen molar-refractivity contribution in [2.75, 3.05) is 13.1 Å². The molecule has 0 spiro atoms. The molecule has 1 aromatic rings. The minimum atomic E-state index is 0.543. The molecule has 0 bridgehead atoms. The van der Waals surface area contributed by atoms with Crippen LogP contribution in [-0.4, -0.2) is 13.1 Å². The second-order valence-corrected chi connectivity index (χ2v) is 3.99. The first kappa shape index (κ1) is 14.2. The van der Waals surface area contributed by atoms with E-state index < -0.39 is 0 Å². The molecule has 1 aromatic carbocycles. The van der Waals surface area contributed by atoms with Gasteiger partial charge in [-0.05, 0) is 11.1 Å². The standard InChI is InChI=1S/C14H18N4/c15-7-1-9-17-11-13-3-5-14(6-4-13)12-18-10-2-8-16/h3-6,17-18H,1-2,9-12H2. The highest BCUT2D eigenvalue weighted by atomic mass is 14.8. The van der Waals surface area contributed by atoms with Crippen molar-refractivity contribution in [3.63, 3.8) is 0 Å². The SMILES string of the molecule is N#CCCNCc1ccc(CNCCC#N)cc1. The highest BCUT2D eigenvalue weighted by Crippen LogP contribution is 2.04. The normalized spacial score (nSPS) is 9.67. The van der Waals surface area contributed by atoms with Gasteiger partial charge in [0.15, 0.2) is 0 Å². The topological polar surface area (TPSA) is 71.6 Å². The van der Waals surface area contributed by atoms with Crippen LogP contribution in [0, 0.1) is 22.7 Å². The molecule has 1 rings (SSSR count). The Morgan fingerprint density at radius 2 is 1.17 bits per heavy atom. The van der Waals surface area contributed by atoms with Crippen LogP contribution in [0.15, 0.2) is 24.3 Å². The fourth-order valence-electron chi connectivity index (χ4n) is 1.53. The Bertz CT molecular complexity index is 370. The van der Waals surface area contributed by atoms with Crippen LogP contribution in [0.1, 0.15) is 24.0 Å². The number of nitrogens with zero attached hydrogens (tertiary/aromatic N) is 2. The summed E-state index contributed by atoms with van der Waals surface area (Å²) in [7, 11) is 0. The third-order valence-corrected chi connectivity index (χ3v) is 2.51. The maximum Gasteiger partial charge on any atom is 0.0635 e. The molecule has 0 aliphatic rings. The summed E-state index contributed by atoms with van der Waals surface area (Å²) in [5.74, 6) is 0. The Hall–Kier alpha value is -1.88. The van der Waals surface area contributed by atoms with E-state index in [1.807, 2.05) is 0 Å². The molecule has 4 heteroatoms. The van der Waals surface area contributed by atoms with Crippen molar-refractivity contribution in [2.24, 2.45) is 0 Å². The molecular weight excluding hydrogens is 224 g/mol. The zero-order chi connectivity index (χ0) is 13.1. The highest BCUT2D eigenvalue weighted by molar-refractivity contribution is 5.22. The van der Waals surface area contributed by atoms with E-state index in [9.17, 15) is 0 Å². The van der Waals surface area contributed by atoms with E-state index in [1.54, 1.807) is 0 Å². The summed E-state index contributed by atoms with van der Waals surface area (Å²) >= 11 is 0. The number of nitriles is 2. The van der Waals surface area contributed by atoms with E-state index >= 15 is 0 Å². The minimum absolute atomic E-state index is 0.543. The van der Waals surface area contributed by atoms with Gasteiger partial charge in [0, 0.05) is 39.0 Å². The molecule has 0 aliphatic heterocycles. The molecule has 4 nitrogen and oxygen atoms in total. The van der Waals surface area contributed by atoms with E-state index in [0.29, 0.717) is 12.8 Å². The van der Waals surface area contributed by atoms with Gasteiger partial charge in [-0.25, -0.2) is 0 Å². The number of benzene rings is 1. The summed E-state index contributed by atoms with van der Waals surface area (Å²) < 4.78 is 0. The Morgan fingerprint density at radius 3 is 1.50 bits per heavy atom. The average molecular weight is 242 g/mol. The molecule has 0 radical (unpaired) electrons. The highest BCUT2D eigenvalue weighted by Gasteiger charge is 1.95. The quantitative estimate of drug-likeness (QED) is 0.680. The van der Waals surface area contributed by atoms with Gasteiger partial charge in [0.2, 0.25) is 0 Å². The number of hydrogen-bond donors (Lipinski definition) is 2. The first-order valence-corrected chi connectivity index (χ1v) is 6.10. The average Bonchev–Trinajstić information content (AvgIpc) is 2.41. The maximum atomic E-state index is 8.40. The predicted octanol–water partition coefficient (Wildman–Crippen LogP) is 1.69. The van der Waals surface area contributed by atoms with Crippen LogP contribution in [-0.2, 0) is 13.1 Å². The molecule has 94 valence electrons. The van der Waals surface area contributed by atoms with Gasteiger partial charge >= 0.3 is 0 Å². The van der Waals surface area contributed by atoms with Crippen LogP contribution >= 0.6 is 0 Å². The van der Waals surface area contributed by atoms with Crippen LogP contribution in [0.4, 0.5) is 0 Å². The lowest BCUT2D eigenvalue weighted by atomic mass is 10.1. The van der Waals surface area contributed by atoms with Crippen LogP contribution in [0.5, 0.6) is 0 Å². The number of nitrogens with one attached hydrogen (secondary N) is 2. The summed E-state index contributed by atoms with van der Waals surface area (Å²) in [6.07, 6.45) is 1.09. The van der Waals surface area contributed by atoms with Gasteiger partial charge in [0.1, 0.15) is 0 Å². The van der Waals surface area contributed by atoms with Crippen molar-refractivity contribution in [2.45, 2.75) is 25.9 Å². The molecular formula is C14H18N4. The molecule has 0 saturated carbocycles.